The topological polar surface area (TPSA) is 73.9 Å². The zero-order valence-corrected chi connectivity index (χ0v) is 15.0. The molecule has 0 aliphatic rings. The normalized spacial score (nSPS) is 10.0. The first-order chi connectivity index (χ1) is 12.1. The van der Waals surface area contributed by atoms with Crippen LogP contribution in [0.15, 0.2) is 47.4 Å². The van der Waals surface area contributed by atoms with Crippen LogP contribution in [0.2, 0.25) is 0 Å². The van der Waals surface area contributed by atoms with Crippen molar-refractivity contribution in [1.29, 1.82) is 0 Å². The quantitative estimate of drug-likeness (QED) is 0.603. The summed E-state index contributed by atoms with van der Waals surface area (Å²) in [6.45, 7) is -0.400. The first-order valence-corrected chi connectivity index (χ1v) is 8.63. The second-order valence-electron chi connectivity index (χ2n) is 4.92. The number of amides is 1. The molecular weight excluding hydrogens is 342 g/mol. The molecule has 0 unspecified atom stereocenters. The maximum Gasteiger partial charge on any atom is 0.342 e. The van der Waals surface area contributed by atoms with E-state index in [1.54, 1.807) is 30.0 Å². The molecule has 0 atom stereocenters. The molecule has 1 N–H and O–H groups in total. The SMILES string of the molecule is COc1ccc(OC)c(C(=O)OCC(=O)Nc2cccc(SC)c2)c1. The van der Waals surface area contributed by atoms with Gasteiger partial charge in [0.1, 0.15) is 17.1 Å². The molecule has 2 rings (SSSR count). The minimum absolute atomic E-state index is 0.194. The van der Waals surface area contributed by atoms with Crippen molar-refractivity contribution in [2.75, 3.05) is 32.4 Å². The largest absolute Gasteiger partial charge is 0.497 e. The molecule has 0 saturated heterocycles. The van der Waals surface area contributed by atoms with Crippen molar-refractivity contribution in [2.24, 2.45) is 0 Å². The van der Waals surface area contributed by atoms with Crippen LogP contribution in [0.3, 0.4) is 0 Å². The standard InChI is InChI=1S/C18H19NO5S/c1-22-13-7-8-16(23-2)15(10-13)18(21)24-11-17(20)19-12-5-4-6-14(9-12)25-3/h4-10H,11H2,1-3H3,(H,19,20). The number of hydrogen-bond acceptors (Lipinski definition) is 6. The smallest absolute Gasteiger partial charge is 0.342 e. The summed E-state index contributed by atoms with van der Waals surface area (Å²) >= 11 is 1.57. The number of ether oxygens (including phenoxy) is 3. The van der Waals surface area contributed by atoms with Crippen LogP contribution in [0.25, 0.3) is 0 Å². The lowest BCUT2D eigenvalue weighted by atomic mass is 10.2. The van der Waals surface area contributed by atoms with E-state index >= 15 is 0 Å². The van der Waals surface area contributed by atoms with Gasteiger partial charge < -0.3 is 19.5 Å². The summed E-state index contributed by atoms with van der Waals surface area (Å²) in [7, 11) is 2.94. The summed E-state index contributed by atoms with van der Waals surface area (Å²) in [6, 6.07) is 12.2. The summed E-state index contributed by atoms with van der Waals surface area (Å²) in [5, 5.41) is 2.69. The number of nitrogens with one attached hydrogen (secondary N) is 1. The van der Waals surface area contributed by atoms with E-state index in [1.807, 2.05) is 24.5 Å². The van der Waals surface area contributed by atoms with Gasteiger partial charge in [0.25, 0.3) is 5.91 Å². The van der Waals surface area contributed by atoms with Crippen molar-refractivity contribution < 1.29 is 23.8 Å². The Morgan fingerprint density at radius 2 is 1.88 bits per heavy atom. The van der Waals surface area contributed by atoms with Crippen LogP contribution in [0, 0.1) is 0 Å². The second kappa shape index (κ2) is 8.98. The van der Waals surface area contributed by atoms with Gasteiger partial charge >= 0.3 is 5.97 Å². The summed E-state index contributed by atoms with van der Waals surface area (Å²) in [5.74, 6) is -0.248. The summed E-state index contributed by atoms with van der Waals surface area (Å²) in [5.41, 5.74) is 0.839. The Kier molecular flexibility index (Phi) is 6.71. The van der Waals surface area contributed by atoms with Crippen molar-refractivity contribution in [1.82, 2.24) is 0 Å². The predicted molar refractivity (Wildman–Crippen MR) is 96.7 cm³/mol. The summed E-state index contributed by atoms with van der Waals surface area (Å²) in [6.07, 6.45) is 1.95. The molecule has 0 spiro atoms. The zero-order chi connectivity index (χ0) is 18.2. The molecule has 0 saturated carbocycles. The van der Waals surface area contributed by atoms with Crippen molar-refractivity contribution in [2.45, 2.75) is 4.90 Å². The Labute approximate surface area is 150 Å². The maximum atomic E-state index is 12.2. The summed E-state index contributed by atoms with van der Waals surface area (Å²) in [4.78, 5) is 25.2. The van der Waals surface area contributed by atoms with Crippen LogP contribution < -0.4 is 14.8 Å². The Balaban J connectivity index is 1.98. The molecule has 25 heavy (non-hydrogen) atoms. The molecule has 1 amide bonds. The Hall–Kier alpha value is -2.67. The minimum atomic E-state index is -0.663. The van der Waals surface area contributed by atoms with Gasteiger partial charge in [-0.3, -0.25) is 4.79 Å². The van der Waals surface area contributed by atoms with Gasteiger partial charge in [-0.15, -0.1) is 11.8 Å². The highest BCUT2D eigenvalue weighted by Gasteiger charge is 2.16. The number of thioether (sulfide) groups is 1. The van der Waals surface area contributed by atoms with Gasteiger partial charge in [-0.05, 0) is 42.7 Å². The molecule has 0 bridgehead atoms. The van der Waals surface area contributed by atoms with E-state index in [9.17, 15) is 9.59 Å². The molecule has 0 heterocycles. The van der Waals surface area contributed by atoms with Crippen molar-refractivity contribution in [3.05, 3.63) is 48.0 Å². The molecule has 6 nitrogen and oxygen atoms in total. The monoisotopic (exact) mass is 361 g/mol. The van der Waals surface area contributed by atoms with E-state index in [0.717, 1.165) is 4.90 Å². The highest BCUT2D eigenvalue weighted by Crippen LogP contribution is 2.24. The molecule has 0 aliphatic heterocycles. The number of anilines is 1. The third kappa shape index (κ3) is 5.15. The van der Waals surface area contributed by atoms with E-state index in [0.29, 0.717) is 17.2 Å². The highest BCUT2D eigenvalue weighted by molar-refractivity contribution is 7.98. The number of carbonyl (C=O) groups excluding carboxylic acids is 2. The number of esters is 1. The Morgan fingerprint density at radius 1 is 1.08 bits per heavy atom. The Morgan fingerprint density at radius 3 is 2.56 bits per heavy atom. The number of rotatable bonds is 7. The van der Waals surface area contributed by atoms with Crippen LogP contribution in [0.4, 0.5) is 5.69 Å². The van der Waals surface area contributed by atoms with E-state index < -0.39 is 18.5 Å². The number of hydrogen-bond donors (Lipinski definition) is 1. The van der Waals surface area contributed by atoms with Gasteiger partial charge in [0.05, 0.1) is 14.2 Å². The fourth-order valence-corrected chi connectivity index (χ4v) is 2.54. The van der Waals surface area contributed by atoms with Crippen molar-refractivity contribution in [3.63, 3.8) is 0 Å². The average Bonchev–Trinajstić information content (AvgIpc) is 2.65. The fourth-order valence-electron chi connectivity index (χ4n) is 2.08. The molecule has 0 aromatic heterocycles. The van der Waals surface area contributed by atoms with E-state index in [2.05, 4.69) is 5.32 Å². The van der Waals surface area contributed by atoms with Crippen LogP contribution in [0.5, 0.6) is 11.5 Å². The lowest BCUT2D eigenvalue weighted by molar-refractivity contribution is -0.119. The predicted octanol–water partition coefficient (Wildman–Crippen LogP) is 3.22. The maximum absolute atomic E-state index is 12.2. The first-order valence-electron chi connectivity index (χ1n) is 7.40. The van der Waals surface area contributed by atoms with Crippen LogP contribution in [-0.4, -0.2) is 39.0 Å². The highest BCUT2D eigenvalue weighted by atomic mass is 32.2. The van der Waals surface area contributed by atoms with Gasteiger partial charge in [0.2, 0.25) is 0 Å². The molecule has 0 radical (unpaired) electrons. The zero-order valence-electron chi connectivity index (χ0n) is 14.2. The summed E-state index contributed by atoms with van der Waals surface area (Å²) < 4.78 is 15.3. The van der Waals surface area contributed by atoms with Crippen LogP contribution in [0.1, 0.15) is 10.4 Å². The molecular formula is C18H19NO5S. The van der Waals surface area contributed by atoms with E-state index in [4.69, 9.17) is 14.2 Å². The molecule has 132 valence electrons. The number of benzene rings is 2. The van der Waals surface area contributed by atoms with Crippen LogP contribution in [-0.2, 0) is 9.53 Å². The molecule has 7 heteroatoms. The molecule has 2 aromatic rings. The van der Waals surface area contributed by atoms with Crippen molar-refractivity contribution in [3.8, 4) is 11.5 Å². The van der Waals surface area contributed by atoms with Gasteiger partial charge in [-0.25, -0.2) is 4.79 Å². The second-order valence-corrected chi connectivity index (χ2v) is 5.80. The number of methoxy groups -OCH3 is 2. The van der Waals surface area contributed by atoms with E-state index in [1.165, 1.54) is 20.3 Å². The first kappa shape index (κ1) is 18.7. The van der Waals surface area contributed by atoms with Crippen LogP contribution >= 0.6 is 11.8 Å². The van der Waals surface area contributed by atoms with Crippen molar-refractivity contribution >= 4 is 29.3 Å². The van der Waals surface area contributed by atoms with Gasteiger partial charge in [0.15, 0.2) is 6.61 Å². The third-order valence-corrected chi connectivity index (χ3v) is 4.04. The third-order valence-electron chi connectivity index (χ3n) is 3.31. The van der Waals surface area contributed by atoms with Gasteiger partial charge in [0, 0.05) is 10.6 Å². The average molecular weight is 361 g/mol. The molecule has 0 fully saturated rings. The lowest BCUT2D eigenvalue weighted by Gasteiger charge is -2.11. The van der Waals surface area contributed by atoms with Gasteiger partial charge in [-0.2, -0.15) is 0 Å². The van der Waals surface area contributed by atoms with Gasteiger partial charge in [-0.1, -0.05) is 6.07 Å². The number of carbonyl (C=O) groups is 2. The Bertz CT molecular complexity index is 763. The minimum Gasteiger partial charge on any atom is -0.497 e. The van der Waals surface area contributed by atoms with E-state index in [-0.39, 0.29) is 5.56 Å². The lowest BCUT2D eigenvalue weighted by Crippen LogP contribution is -2.21. The molecule has 0 aliphatic carbocycles. The fraction of sp³-hybridized carbons (Fsp3) is 0.222. The molecule has 2 aromatic carbocycles.